The lowest BCUT2D eigenvalue weighted by Gasteiger charge is -2.11. The molecule has 0 aliphatic rings. The number of hydrogen-bond acceptors (Lipinski definition) is 10. The normalized spacial score (nSPS) is 10.3. The van der Waals surface area contributed by atoms with Gasteiger partial charge in [-0.05, 0) is 29.8 Å². The van der Waals surface area contributed by atoms with E-state index in [1.54, 1.807) is 30.3 Å². The van der Waals surface area contributed by atoms with Gasteiger partial charge in [-0.15, -0.1) is 5.10 Å². The lowest BCUT2D eigenvalue weighted by Crippen LogP contribution is -2.45. The van der Waals surface area contributed by atoms with Crippen LogP contribution in [0.3, 0.4) is 0 Å². The molecule has 17 nitrogen and oxygen atoms in total. The van der Waals surface area contributed by atoms with E-state index in [2.05, 4.69) is 32.0 Å². The van der Waals surface area contributed by atoms with Crippen LogP contribution in [0, 0.1) is 20.2 Å². The number of nitrogens with one attached hydrogen (secondary N) is 4. The summed E-state index contributed by atoms with van der Waals surface area (Å²) < 4.78 is 1.11. The summed E-state index contributed by atoms with van der Waals surface area (Å²) in [6.45, 7) is 0.00925. The molecule has 17 heteroatoms. The standard InChI is InChI=1S/C25H19N9O8/c35-22(16-6-10-18(11-7-16)33(39)40)27-29-24(37)20-21(32(31-26-20)14-15-4-2-1-3-5-15)25(38)30-28-23(36)17-8-12-19(13-9-17)34(41)42/h1-13H,14H2,(H,27,35)(H,28,36)(H,29,37)(H,30,38). The number of carbonyl (C=O) groups is 4. The zero-order chi connectivity index (χ0) is 30.2. The van der Waals surface area contributed by atoms with Gasteiger partial charge in [0.25, 0.3) is 35.0 Å². The zero-order valence-electron chi connectivity index (χ0n) is 21.2. The average Bonchev–Trinajstić information content (AvgIpc) is 3.42. The molecule has 0 aliphatic carbocycles. The second-order valence-electron chi connectivity index (χ2n) is 8.35. The van der Waals surface area contributed by atoms with E-state index in [0.717, 1.165) is 28.9 Å². The summed E-state index contributed by atoms with van der Waals surface area (Å²) in [7, 11) is 0. The number of nitro groups is 2. The molecule has 1 aromatic heterocycles. The van der Waals surface area contributed by atoms with Gasteiger partial charge in [0.2, 0.25) is 0 Å². The fraction of sp³-hybridized carbons (Fsp3) is 0.0400. The van der Waals surface area contributed by atoms with Crippen LogP contribution < -0.4 is 21.7 Å². The van der Waals surface area contributed by atoms with E-state index in [1.165, 1.54) is 24.3 Å². The lowest BCUT2D eigenvalue weighted by molar-refractivity contribution is -0.385. The van der Waals surface area contributed by atoms with Gasteiger partial charge in [0.1, 0.15) is 0 Å². The minimum atomic E-state index is -1.03. The summed E-state index contributed by atoms with van der Waals surface area (Å²) in [4.78, 5) is 71.3. The van der Waals surface area contributed by atoms with Crippen LogP contribution in [0.2, 0.25) is 0 Å². The molecule has 0 saturated carbocycles. The number of non-ortho nitro benzene ring substituents is 2. The largest absolute Gasteiger partial charge is 0.292 e. The fourth-order valence-corrected chi connectivity index (χ4v) is 3.52. The Hall–Kier alpha value is -6.52. The Balaban J connectivity index is 1.50. The van der Waals surface area contributed by atoms with Crippen molar-refractivity contribution in [2.24, 2.45) is 0 Å². The highest BCUT2D eigenvalue weighted by Gasteiger charge is 2.27. The third-order valence-electron chi connectivity index (χ3n) is 5.60. The number of amides is 4. The van der Waals surface area contributed by atoms with E-state index in [-0.39, 0.29) is 34.7 Å². The maximum atomic E-state index is 13.1. The monoisotopic (exact) mass is 573 g/mol. The van der Waals surface area contributed by atoms with Crippen molar-refractivity contribution in [2.75, 3.05) is 0 Å². The highest BCUT2D eigenvalue weighted by Crippen LogP contribution is 2.13. The number of nitro benzene ring substituents is 2. The zero-order valence-corrected chi connectivity index (χ0v) is 21.2. The first-order valence-electron chi connectivity index (χ1n) is 11.8. The number of carbonyl (C=O) groups excluding carboxylic acids is 4. The Bertz CT molecular complexity index is 1670. The molecule has 0 fully saturated rings. The van der Waals surface area contributed by atoms with Crippen molar-refractivity contribution < 1.29 is 29.0 Å². The molecule has 0 spiro atoms. The third kappa shape index (κ3) is 6.72. The summed E-state index contributed by atoms with van der Waals surface area (Å²) in [5.74, 6) is -3.63. The van der Waals surface area contributed by atoms with Crippen molar-refractivity contribution in [3.63, 3.8) is 0 Å². The minimum absolute atomic E-state index is 0.000514. The molecule has 4 amide bonds. The van der Waals surface area contributed by atoms with Gasteiger partial charge >= 0.3 is 0 Å². The molecular weight excluding hydrogens is 554 g/mol. The van der Waals surface area contributed by atoms with E-state index >= 15 is 0 Å². The summed E-state index contributed by atoms with van der Waals surface area (Å²) in [5.41, 5.74) is 7.89. The quantitative estimate of drug-likeness (QED) is 0.174. The Kier molecular flexibility index (Phi) is 8.52. The molecule has 42 heavy (non-hydrogen) atoms. The molecule has 0 atom stereocenters. The smallest absolute Gasteiger partial charge is 0.267 e. The number of benzene rings is 3. The Labute approximate surface area is 234 Å². The topological polar surface area (TPSA) is 233 Å². The first-order chi connectivity index (χ1) is 20.1. The number of aromatic nitrogens is 3. The van der Waals surface area contributed by atoms with Crippen molar-refractivity contribution in [1.82, 2.24) is 36.7 Å². The number of hydrazine groups is 2. The first kappa shape index (κ1) is 28.5. The Morgan fingerprint density at radius 3 is 1.57 bits per heavy atom. The van der Waals surface area contributed by atoms with Crippen LogP contribution in [0.15, 0.2) is 78.9 Å². The number of rotatable bonds is 8. The average molecular weight is 573 g/mol. The molecule has 0 unspecified atom stereocenters. The van der Waals surface area contributed by atoms with Crippen molar-refractivity contribution in [3.05, 3.63) is 127 Å². The molecule has 212 valence electrons. The second kappa shape index (κ2) is 12.6. The maximum absolute atomic E-state index is 13.1. The molecule has 0 radical (unpaired) electrons. The van der Waals surface area contributed by atoms with Gasteiger partial charge in [0, 0.05) is 35.4 Å². The van der Waals surface area contributed by atoms with Crippen molar-refractivity contribution >= 4 is 35.0 Å². The van der Waals surface area contributed by atoms with Crippen LogP contribution in [0.4, 0.5) is 11.4 Å². The van der Waals surface area contributed by atoms with E-state index in [9.17, 15) is 39.4 Å². The first-order valence-corrected chi connectivity index (χ1v) is 11.8. The second-order valence-corrected chi connectivity index (χ2v) is 8.35. The van der Waals surface area contributed by atoms with E-state index < -0.39 is 39.2 Å². The molecule has 4 aromatic rings. The Morgan fingerprint density at radius 2 is 1.10 bits per heavy atom. The molecule has 3 aromatic carbocycles. The highest BCUT2D eigenvalue weighted by atomic mass is 16.6. The number of nitrogens with zero attached hydrogens (tertiary/aromatic N) is 5. The van der Waals surface area contributed by atoms with Gasteiger partial charge in [-0.3, -0.25) is 61.1 Å². The van der Waals surface area contributed by atoms with Gasteiger partial charge in [-0.2, -0.15) is 0 Å². The van der Waals surface area contributed by atoms with E-state index in [0.29, 0.717) is 5.56 Å². The molecule has 0 bridgehead atoms. The predicted molar refractivity (Wildman–Crippen MR) is 142 cm³/mol. The van der Waals surface area contributed by atoms with Crippen LogP contribution in [-0.4, -0.2) is 48.5 Å². The highest BCUT2D eigenvalue weighted by molar-refractivity contribution is 6.06. The third-order valence-corrected chi connectivity index (χ3v) is 5.60. The lowest BCUT2D eigenvalue weighted by atomic mass is 10.2. The van der Waals surface area contributed by atoms with Crippen LogP contribution in [0.1, 0.15) is 47.3 Å². The van der Waals surface area contributed by atoms with Crippen molar-refractivity contribution in [2.45, 2.75) is 6.54 Å². The van der Waals surface area contributed by atoms with Crippen molar-refractivity contribution in [3.8, 4) is 0 Å². The van der Waals surface area contributed by atoms with Gasteiger partial charge in [0.15, 0.2) is 11.4 Å². The van der Waals surface area contributed by atoms with Gasteiger partial charge in [-0.1, -0.05) is 35.5 Å². The minimum Gasteiger partial charge on any atom is -0.267 e. The maximum Gasteiger partial charge on any atom is 0.292 e. The van der Waals surface area contributed by atoms with Gasteiger partial charge in [0.05, 0.1) is 16.4 Å². The van der Waals surface area contributed by atoms with Crippen LogP contribution in [0.5, 0.6) is 0 Å². The predicted octanol–water partition coefficient (Wildman–Crippen LogP) is 1.29. The van der Waals surface area contributed by atoms with Crippen LogP contribution in [-0.2, 0) is 6.54 Å². The molecule has 4 rings (SSSR count). The van der Waals surface area contributed by atoms with E-state index in [4.69, 9.17) is 0 Å². The van der Waals surface area contributed by atoms with Gasteiger partial charge in [-0.25, -0.2) is 4.68 Å². The summed E-state index contributed by atoms with van der Waals surface area (Å²) >= 11 is 0. The van der Waals surface area contributed by atoms with Crippen LogP contribution >= 0.6 is 0 Å². The SMILES string of the molecule is O=C(NNC(=O)c1nnn(Cc2ccccc2)c1C(=O)NNC(=O)c1ccc([N+](=O)[O-])cc1)c1ccc([N+](=O)[O-])cc1. The Morgan fingerprint density at radius 1 is 0.643 bits per heavy atom. The molecule has 0 saturated heterocycles. The molecule has 4 N–H and O–H groups in total. The summed E-state index contributed by atoms with van der Waals surface area (Å²) in [6, 6.07) is 17.9. The molecular formula is C25H19N9O8. The number of hydrogen-bond donors (Lipinski definition) is 4. The van der Waals surface area contributed by atoms with Gasteiger partial charge < -0.3 is 0 Å². The molecule has 1 heterocycles. The summed E-state index contributed by atoms with van der Waals surface area (Å²) in [6.07, 6.45) is 0. The molecule has 0 aliphatic heterocycles. The fourth-order valence-electron chi connectivity index (χ4n) is 3.52. The summed E-state index contributed by atoms with van der Waals surface area (Å²) in [5, 5.41) is 29.3. The van der Waals surface area contributed by atoms with E-state index in [1.807, 2.05) is 0 Å². The van der Waals surface area contributed by atoms with Crippen molar-refractivity contribution in [1.29, 1.82) is 0 Å². The van der Waals surface area contributed by atoms with Crippen LogP contribution in [0.25, 0.3) is 0 Å².